The van der Waals surface area contributed by atoms with Crippen LogP contribution in [0.4, 0.5) is 0 Å². The molecule has 11 heteroatoms. The first-order valence-corrected chi connectivity index (χ1v) is 11.5. The van der Waals surface area contributed by atoms with Crippen molar-refractivity contribution < 1.29 is 14.3 Å². The van der Waals surface area contributed by atoms with Crippen LogP contribution < -0.4 is 26.4 Å². The summed E-state index contributed by atoms with van der Waals surface area (Å²) in [6, 6.07) is 6.74. The van der Waals surface area contributed by atoms with E-state index in [1.807, 2.05) is 13.8 Å². The van der Waals surface area contributed by atoms with Crippen LogP contribution in [0.25, 0.3) is 0 Å². The summed E-state index contributed by atoms with van der Waals surface area (Å²) in [6.07, 6.45) is 3.14. The number of rotatable bonds is 11. The van der Waals surface area contributed by atoms with Crippen molar-refractivity contribution in [3.05, 3.63) is 80.2 Å². The summed E-state index contributed by atoms with van der Waals surface area (Å²) in [5.41, 5.74) is 6.17. The summed E-state index contributed by atoms with van der Waals surface area (Å²) >= 11 is 6.11. The molecule has 35 heavy (non-hydrogen) atoms. The Kier molecular flexibility index (Phi) is 8.91. The molecule has 0 bridgehead atoms. The minimum atomic E-state index is -0.331. The van der Waals surface area contributed by atoms with Crippen LogP contribution in [0, 0.1) is 13.8 Å². The van der Waals surface area contributed by atoms with E-state index in [1.54, 1.807) is 43.7 Å². The van der Waals surface area contributed by atoms with Crippen LogP contribution in [-0.2, 0) is 29.1 Å². The fourth-order valence-electron chi connectivity index (χ4n) is 3.38. The Morgan fingerprint density at radius 3 is 2.66 bits per heavy atom. The van der Waals surface area contributed by atoms with E-state index >= 15 is 0 Å². The standard InChI is InChI=1S/C24H29ClN6O4/c1-4-26-23(33)13-35-21-6-5-18(25)9-17(21)11-27-22(32)10-19-15(2)7-8-31(24(19)34)30-12-20-16(3)28-14-29-20/h5-9,14,30H,4,10-13H2,1-3H3,(H,26,33)(H,27,32)(H,28,29). The number of aromatic amines is 1. The normalized spacial score (nSPS) is 10.6. The minimum Gasteiger partial charge on any atom is -0.483 e. The number of aryl methyl sites for hydroxylation is 2. The van der Waals surface area contributed by atoms with E-state index in [1.165, 1.54) is 4.68 Å². The zero-order valence-electron chi connectivity index (χ0n) is 19.9. The zero-order valence-corrected chi connectivity index (χ0v) is 20.7. The topological polar surface area (TPSA) is 130 Å². The fraction of sp³-hybridized carbons (Fsp3) is 0.333. The number of hydrogen-bond donors (Lipinski definition) is 4. The van der Waals surface area contributed by atoms with Crippen LogP contribution in [-0.4, -0.2) is 39.6 Å². The molecule has 0 aliphatic rings. The minimum absolute atomic E-state index is 0.0913. The number of benzene rings is 1. The summed E-state index contributed by atoms with van der Waals surface area (Å²) in [5.74, 6) is -0.135. The van der Waals surface area contributed by atoms with Crippen LogP contribution in [0.5, 0.6) is 5.75 Å². The number of hydrogen-bond acceptors (Lipinski definition) is 6. The molecule has 186 valence electrons. The predicted molar refractivity (Wildman–Crippen MR) is 133 cm³/mol. The molecule has 0 saturated heterocycles. The maximum Gasteiger partial charge on any atom is 0.272 e. The van der Waals surface area contributed by atoms with Crippen LogP contribution in [0.2, 0.25) is 5.02 Å². The molecule has 0 atom stereocenters. The maximum atomic E-state index is 13.0. The molecule has 2 aromatic heterocycles. The van der Waals surface area contributed by atoms with Gasteiger partial charge in [0.15, 0.2) is 6.61 Å². The Labute approximate surface area is 208 Å². The number of carbonyl (C=O) groups excluding carboxylic acids is 2. The van der Waals surface area contributed by atoms with Crippen molar-refractivity contribution in [1.82, 2.24) is 25.3 Å². The number of halogens is 1. The molecule has 2 amide bonds. The molecule has 0 fully saturated rings. The molecule has 3 rings (SSSR count). The third-order valence-corrected chi connectivity index (χ3v) is 5.59. The van der Waals surface area contributed by atoms with Crippen LogP contribution in [0.1, 0.15) is 35.0 Å². The van der Waals surface area contributed by atoms with Gasteiger partial charge in [-0.2, -0.15) is 0 Å². The number of likely N-dealkylation sites (N-methyl/N-ethyl adjacent to an activating group) is 1. The average molecular weight is 501 g/mol. The van der Waals surface area contributed by atoms with E-state index in [9.17, 15) is 14.4 Å². The Bertz CT molecular complexity index is 1250. The lowest BCUT2D eigenvalue weighted by Crippen LogP contribution is -2.34. The van der Waals surface area contributed by atoms with E-state index in [0.29, 0.717) is 35.0 Å². The Balaban J connectivity index is 1.65. The Hall–Kier alpha value is -3.79. The van der Waals surface area contributed by atoms with Crippen LogP contribution in [0.15, 0.2) is 41.6 Å². The summed E-state index contributed by atoms with van der Waals surface area (Å²) in [5, 5.41) is 5.93. The number of nitrogens with one attached hydrogen (secondary N) is 4. The molecule has 3 aromatic rings. The summed E-state index contributed by atoms with van der Waals surface area (Å²) < 4.78 is 6.95. The number of aromatic nitrogens is 3. The van der Waals surface area contributed by atoms with E-state index in [4.69, 9.17) is 16.3 Å². The molecule has 0 radical (unpaired) electrons. The highest BCUT2D eigenvalue weighted by atomic mass is 35.5. The largest absolute Gasteiger partial charge is 0.483 e. The van der Waals surface area contributed by atoms with Gasteiger partial charge in [-0.25, -0.2) is 9.66 Å². The number of H-pyrrole nitrogens is 1. The molecule has 4 N–H and O–H groups in total. The van der Waals surface area contributed by atoms with Gasteiger partial charge in [-0.3, -0.25) is 14.4 Å². The van der Waals surface area contributed by atoms with E-state index < -0.39 is 0 Å². The fourth-order valence-corrected chi connectivity index (χ4v) is 3.57. The molecule has 2 heterocycles. The predicted octanol–water partition coefficient (Wildman–Crippen LogP) is 1.96. The van der Waals surface area contributed by atoms with Gasteiger partial charge in [0, 0.05) is 35.4 Å². The lowest BCUT2D eigenvalue weighted by Gasteiger charge is -2.14. The molecular weight excluding hydrogens is 472 g/mol. The molecule has 10 nitrogen and oxygen atoms in total. The van der Waals surface area contributed by atoms with Crippen LogP contribution in [0.3, 0.4) is 0 Å². The monoisotopic (exact) mass is 500 g/mol. The first-order chi connectivity index (χ1) is 16.8. The van der Waals surface area contributed by atoms with Crippen molar-refractivity contribution in [3.8, 4) is 5.75 Å². The highest BCUT2D eigenvalue weighted by Crippen LogP contribution is 2.23. The second kappa shape index (κ2) is 12.1. The lowest BCUT2D eigenvalue weighted by molar-refractivity contribution is -0.123. The second-order valence-electron chi connectivity index (χ2n) is 7.90. The summed E-state index contributed by atoms with van der Waals surface area (Å²) in [4.78, 5) is 44.5. The third kappa shape index (κ3) is 7.10. The van der Waals surface area contributed by atoms with E-state index in [-0.39, 0.29) is 36.9 Å². The number of imidazole rings is 1. The molecule has 0 saturated carbocycles. The van der Waals surface area contributed by atoms with Crippen molar-refractivity contribution in [3.63, 3.8) is 0 Å². The Morgan fingerprint density at radius 2 is 1.94 bits per heavy atom. The number of ether oxygens (including phenoxy) is 1. The van der Waals surface area contributed by atoms with E-state index in [2.05, 4.69) is 26.0 Å². The first kappa shape index (κ1) is 25.8. The van der Waals surface area contributed by atoms with Gasteiger partial charge in [0.2, 0.25) is 5.91 Å². The maximum absolute atomic E-state index is 13.0. The summed E-state index contributed by atoms with van der Waals surface area (Å²) in [7, 11) is 0. The zero-order chi connectivity index (χ0) is 25.4. The third-order valence-electron chi connectivity index (χ3n) is 5.36. The van der Waals surface area contributed by atoms with Crippen LogP contribution >= 0.6 is 11.6 Å². The van der Waals surface area contributed by atoms with Crippen molar-refractivity contribution >= 4 is 23.4 Å². The molecular formula is C24H29ClN6O4. The van der Waals surface area contributed by atoms with Crippen molar-refractivity contribution in [1.29, 1.82) is 0 Å². The number of pyridine rings is 1. The van der Waals surface area contributed by atoms with Gasteiger partial charge in [0.1, 0.15) is 5.75 Å². The quantitative estimate of drug-likeness (QED) is 0.318. The van der Waals surface area contributed by atoms with Crippen molar-refractivity contribution in [2.45, 2.75) is 40.3 Å². The highest BCUT2D eigenvalue weighted by molar-refractivity contribution is 6.30. The molecule has 0 spiro atoms. The van der Waals surface area contributed by atoms with Gasteiger partial charge in [-0.1, -0.05) is 11.6 Å². The molecule has 0 unspecified atom stereocenters. The molecule has 0 aliphatic heterocycles. The van der Waals surface area contributed by atoms with Gasteiger partial charge in [0.05, 0.1) is 30.7 Å². The first-order valence-electron chi connectivity index (χ1n) is 11.2. The second-order valence-corrected chi connectivity index (χ2v) is 8.34. The van der Waals surface area contributed by atoms with Gasteiger partial charge in [-0.05, 0) is 50.6 Å². The summed E-state index contributed by atoms with van der Waals surface area (Å²) in [6.45, 7) is 6.35. The number of carbonyl (C=O) groups is 2. The molecule has 0 aliphatic carbocycles. The van der Waals surface area contributed by atoms with Gasteiger partial charge in [0.25, 0.3) is 11.5 Å². The molecule has 1 aromatic carbocycles. The highest BCUT2D eigenvalue weighted by Gasteiger charge is 2.14. The average Bonchev–Trinajstić information content (AvgIpc) is 3.24. The van der Waals surface area contributed by atoms with Gasteiger partial charge < -0.3 is 25.8 Å². The van der Waals surface area contributed by atoms with E-state index in [0.717, 1.165) is 17.0 Å². The van der Waals surface area contributed by atoms with Gasteiger partial charge in [-0.15, -0.1) is 0 Å². The number of nitrogens with zero attached hydrogens (tertiary/aromatic N) is 2. The SMILES string of the molecule is CCNC(=O)COc1ccc(Cl)cc1CNC(=O)Cc1c(C)ccn(NCc2[nH]cnc2C)c1=O. The smallest absolute Gasteiger partial charge is 0.272 e. The lowest BCUT2D eigenvalue weighted by atomic mass is 10.1. The Morgan fingerprint density at radius 1 is 1.14 bits per heavy atom. The number of amides is 2. The van der Waals surface area contributed by atoms with Gasteiger partial charge >= 0.3 is 0 Å². The van der Waals surface area contributed by atoms with Crippen molar-refractivity contribution in [2.75, 3.05) is 18.6 Å². The van der Waals surface area contributed by atoms with Crippen molar-refractivity contribution in [2.24, 2.45) is 0 Å².